The molecule has 2 aliphatic heterocycles. The van der Waals surface area contributed by atoms with Gasteiger partial charge in [-0.05, 0) is 53.3 Å². The molecule has 1 aromatic heterocycles. The van der Waals surface area contributed by atoms with Gasteiger partial charge in [-0.15, -0.1) is 0 Å². The topological polar surface area (TPSA) is 71.5 Å². The molecule has 0 radical (unpaired) electrons. The first kappa shape index (κ1) is 21.9. The zero-order valence-corrected chi connectivity index (χ0v) is 19.2. The fourth-order valence-electron chi connectivity index (χ4n) is 4.64. The molecule has 3 heterocycles. The van der Waals surface area contributed by atoms with E-state index in [4.69, 9.17) is 4.74 Å². The maximum Gasteiger partial charge on any atom is 0.264 e. The van der Waals surface area contributed by atoms with Crippen LogP contribution in [0.4, 0.5) is 0 Å². The molecule has 172 valence electrons. The molecule has 1 atom stereocenters. The fraction of sp³-hybridized carbons (Fsp3) is 0.250. The summed E-state index contributed by atoms with van der Waals surface area (Å²) in [5.41, 5.74) is 6.21. The zero-order chi connectivity index (χ0) is 23.5. The molecular formula is C28H27N3O3. The summed E-state index contributed by atoms with van der Waals surface area (Å²) in [5.74, 6) is 0.671. The van der Waals surface area contributed by atoms with Crippen molar-refractivity contribution in [2.75, 3.05) is 6.54 Å². The molecule has 2 aliphatic rings. The Labute approximate surface area is 199 Å². The van der Waals surface area contributed by atoms with Crippen molar-refractivity contribution in [3.63, 3.8) is 0 Å². The van der Waals surface area contributed by atoms with Crippen molar-refractivity contribution in [3.8, 4) is 5.75 Å². The number of nitrogens with zero attached hydrogens (tertiary/aromatic N) is 2. The SMILES string of the molecule is Cc1ncc2c(c1CNC(=O)C=Cc1ccccc1)CCN(C(=O)C1Cc3ccccc3O1)C2. The lowest BCUT2D eigenvalue weighted by molar-refractivity contribution is -0.138. The molecule has 1 unspecified atom stereocenters. The Kier molecular flexibility index (Phi) is 6.12. The molecule has 1 N–H and O–H groups in total. The average Bonchev–Trinajstić information content (AvgIpc) is 3.31. The normalized spacial score (nSPS) is 16.6. The second-order valence-electron chi connectivity index (χ2n) is 8.72. The summed E-state index contributed by atoms with van der Waals surface area (Å²) in [6.07, 6.45) is 6.08. The third-order valence-corrected chi connectivity index (χ3v) is 6.50. The zero-order valence-electron chi connectivity index (χ0n) is 19.2. The number of nitrogens with one attached hydrogen (secondary N) is 1. The summed E-state index contributed by atoms with van der Waals surface area (Å²) in [6.45, 7) is 3.50. The molecule has 2 amide bonds. The minimum Gasteiger partial charge on any atom is -0.480 e. The Morgan fingerprint density at radius 2 is 1.91 bits per heavy atom. The van der Waals surface area contributed by atoms with Crippen LogP contribution in [0.3, 0.4) is 0 Å². The van der Waals surface area contributed by atoms with E-state index in [9.17, 15) is 9.59 Å². The highest BCUT2D eigenvalue weighted by atomic mass is 16.5. The van der Waals surface area contributed by atoms with Crippen LogP contribution >= 0.6 is 0 Å². The number of carbonyl (C=O) groups is 2. The van der Waals surface area contributed by atoms with Gasteiger partial charge in [0.15, 0.2) is 6.10 Å². The average molecular weight is 454 g/mol. The van der Waals surface area contributed by atoms with E-state index in [0.29, 0.717) is 26.1 Å². The first-order chi connectivity index (χ1) is 16.6. The minimum atomic E-state index is -0.465. The van der Waals surface area contributed by atoms with Gasteiger partial charge in [-0.25, -0.2) is 0 Å². The van der Waals surface area contributed by atoms with Gasteiger partial charge in [0.1, 0.15) is 5.75 Å². The van der Waals surface area contributed by atoms with Gasteiger partial charge in [0.25, 0.3) is 5.91 Å². The molecule has 0 bridgehead atoms. The first-order valence-electron chi connectivity index (χ1n) is 11.6. The van der Waals surface area contributed by atoms with Crippen molar-refractivity contribution in [1.29, 1.82) is 0 Å². The highest BCUT2D eigenvalue weighted by molar-refractivity contribution is 5.91. The highest BCUT2D eigenvalue weighted by Crippen LogP contribution is 2.30. The Balaban J connectivity index is 1.24. The third kappa shape index (κ3) is 4.57. The van der Waals surface area contributed by atoms with Crippen LogP contribution in [0.1, 0.15) is 33.5 Å². The van der Waals surface area contributed by atoms with E-state index in [-0.39, 0.29) is 11.8 Å². The molecule has 0 fully saturated rings. The number of fused-ring (bicyclic) bond motifs is 2. The lowest BCUT2D eigenvalue weighted by Crippen LogP contribution is -2.44. The smallest absolute Gasteiger partial charge is 0.264 e. The van der Waals surface area contributed by atoms with Crippen LogP contribution < -0.4 is 10.1 Å². The van der Waals surface area contributed by atoms with Gasteiger partial charge < -0.3 is 15.0 Å². The molecule has 0 saturated carbocycles. The maximum absolute atomic E-state index is 13.2. The number of hydrogen-bond donors (Lipinski definition) is 1. The molecule has 34 heavy (non-hydrogen) atoms. The summed E-state index contributed by atoms with van der Waals surface area (Å²) < 4.78 is 5.91. The second-order valence-corrected chi connectivity index (χ2v) is 8.72. The number of hydrogen-bond acceptors (Lipinski definition) is 4. The summed E-state index contributed by atoms with van der Waals surface area (Å²) in [4.78, 5) is 31.9. The van der Waals surface area contributed by atoms with Crippen LogP contribution in [-0.4, -0.2) is 34.3 Å². The number of aromatic nitrogens is 1. The number of rotatable bonds is 5. The number of benzene rings is 2. The molecule has 0 aliphatic carbocycles. The van der Waals surface area contributed by atoms with E-state index in [2.05, 4.69) is 10.3 Å². The van der Waals surface area contributed by atoms with Crippen LogP contribution in [0, 0.1) is 6.92 Å². The van der Waals surface area contributed by atoms with Gasteiger partial charge in [0.05, 0.1) is 0 Å². The monoisotopic (exact) mass is 453 g/mol. The Morgan fingerprint density at radius 3 is 2.74 bits per heavy atom. The number of aryl methyl sites for hydroxylation is 1. The van der Waals surface area contributed by atoms with Crippen LogP contribution in [-0.2, 0) is 35.5 Å². The predicted octanol–water partition coefficient (Wildman–Crippen LogP) is 3.61. The lowest BCUT2D eigenvalue weighted by Gasteiger charge is -2.32. The van der Waals surface area contributed by atoms with E-state index in [0.717, 1.165) is 40.1 Å². The number of carbonyl (C=O) groups excluding carboxylic acids is 2. The highest BCUT2D eigenvalue weighted by Gasteiger charge is 2.34. The molecule has 6 nitrogen and oxygen atoms in total. The predicted molar refractivity (Wildman–Crippen MR) is 130 cm³/mol. The Morgan fingerprint density at radius 1 is 1.12 bits per heavy atom. The fourth-order valence-corrected chi connectivity index (χ4v) is 4.64. The summed E-state index contributed by atoms with van der Waals surface area (Å²) in [6, 6.07) is 17.5. The van der Waals surface area contributed by atoms with E-state index < -0.39 is 6.10 Å². The first-order valence-corrected chi connectivity index (χ1v) is 11.6. The van der Waals surface area contributed by atoms with Crippen molar-refractivity contribution in [3.05, 3.63) is 100 Å². The number of para-hydroxylation sites is 1. The lowest BCUT2D eigenvalue weighted by atomic mass is 9.94. The molecule has 6 heteroatoms. The quantitative estimate of drug-likeness (QED) is 0.599. The van der Waals surface area contributed by atoms with Crippen LogP contribution in [0.15, 0.2) is 66.9 Å². The molecule has 2 aromatic carbocycles. The largest absolute Gasteiger partial charge is 0.480 e. The minimum absolute atomic E-state index is 0.0170. The van der Waals surface area contributed by atoms with Gasteiger partial charge in [-0.2, -0.15) is 0 Å². The molecule has 0 spiro atoms. The van der Waals surface area contributed by atoms with Crippen LogP contribution in [0.5, 0.6) is 5.75 Å². The van der Waals surface area contributed by atoms with Crippen molar-refractivity contribution in [2.45, 2.75) is 39.0 Å². The summed E-state index contributed by atoms with van der Waals surface area (Å²) in [5, 5.41) is 2.98. The van der Waals surface area contributed by atoms with Gasteiger partial charge >= 0.3 is 0 Å². The van der Waals surface area contributed by atoms with Crippen molar-refractivity contribution in [2.24, 2.45) is 0 Å². The second kappa shape index (κ2) is 9.51. The van der Waals surface area contributed by atoms with Gasteiger partial charge in [-0.3, -0.25) is 14.6 Å². The third-order valence-electron chi connectivity index (χ3n) is 6.50. The number of pyridine rings is 1. The van der Waals surface area contributed by atoms with E-state index in [1.54, 1.807) is 12.2 Å². The standard InChI is InChI=1S/C28H27N3O3/c1-19-24(17-30-27(32)12-11-20-7-3-2-4-8-20)23-13-14-31(18-22(23)16-29-19)28(33)26-15-21-9-5-6-10-25(21)34-26/h2-12,16,26H,13-15,17-18H2,1H3,(H,30,32). The number of amides is 2. The Bertz CT molecular complexity index is 1230. The van der Waals surface area contributed by atoms with Crippen molar-refractivity contribution < 1.29 is 14.3 Å². The van der Waals surface area contributed by atoms with Gasteiger partial charge in [0.2, 0.25) is 5.91 Å². The van der Waals surface area contributed by atoms with Crippen LogP contribution in [0.2, 0.25) is 0 Å². The molecule has 5 rings (SSSR count). The van der Waals surface area contributed by atoms with E-state index >= 15 is 0 Å². The van der Waals surface area contributed by atoms with Crippen molar-refractivity contribution in [1.82, 2.24) is 15.2 Å². The summed E-state index contributed by atoms with van der Waals surface area (Å²) >= 11 is 0. The molecular weight excluding hydrogens is 426 g/mol. The molecule has 0 saturated heterocycles. The van der Waals surface area contributed by atoms with E-state index in [1.165, 1.54) is 5.56 Å². The van der Waals surface area contributed by atoms with Gasteiger partial charge in [0, 0.05) is 44.0 Å². The van der Waals surface area contributed by atoms with E-state index in [1.807, 2.05) is 72.6 Å². The van der Waals surface area contributed by atoms with Crippen molar-refractivity contribution >= 4 is 17.9 Å². The Hall–Kier alpha value is -3.93. The maximum atomic E-state index is 13.2. The van der Waals surface area contributed by atoms with Crippen LogP contribution in [0.25, 0.3) is 6.08 Å². The molecule has 3 aromatic rings. The number of ether oxygens (including phenoxy) is 1. The van der Waals surface area contributed by atoms with Gasteiger partial charge in [-0.1, -0.05) is 48.5 Å². The summed E-state index contributed by atoms with van der Waals surface area (Å²) in [7, 11) is 0.